The largest absolute Gasteiger partial charge is 0.494 e. The first kappa shape index (κ1) is 19.5. The van der Waals surface area contributed by atoms with Gasteiger partial charge in [-0.2, -0.15) is 0 Å². The van der Waals surface area contributed by atoms with Gasteiger partial charge >= 0.3 is 0 Å². The van der Waals surface area contributed by atoms with Gasteiger partial charge in [0.2, 0.25) is 0 Å². The predicted molar refractivity (Wildman–Crippen MR) is 100 cm³/mol. The minimum atomic E-state index is -0.197. The molecule has 1 aliphatic heterocycles. The van der Waals surface area contributed by atoms with Crippen molar-refractivity contribution in [1.82, 2.24) is 10.6 Å². The van der Waals surface area contributed by atoms with E-state index in [-0.39, 0.29) is 5.60 Å². The zero-order chi connectivity index (χ0) is 17.8. The van der Waals surface area contributed by atoms with Crippen molar-refractivity contribution >= 4 is 5.96 Å². The molecule has 1 aromatic carbocycles. The average Bonchev–Trinajstić information content (AvgIpc) is 2.67. The molecular formula is C19H31N3O3. The zero-order valence-electron chi connectivity index (χ0n) is 15.4. The van der Waals surface area contributed by atoms with Crippen LogP contribution in [0.25, 0.3) is 0 Å². The van der Waals surface area contributed by atoms with E-state index in [4.69, 9.17) is 19.2 Å². The van der Waals surface area contributed by atoms with Gasteiger partial charge < -0.3 is 24.8 Å². The number of nitrogens with one attached hydrogen (secondary N) is 2. The number of rotatable bonds is 9. The number of ether oxygens (including phenoxy) is 3. The van der Waals surface area contributed by atoms with Gasteiger partial charge in [-0.05, 0) is 25.5 Å². The Morgan fingerprint density at radius 2 is 1.96 bits per heavy atom. The van der Waals surface area contributed by atoms with E-state index in [1.54, 1.807) is 7.11 Å². The van der Waals surface area contributed by atoms with Gasteiger partial charge in [0.25, 0.3) is 0 Å². The Balaban J connectivity index is 1.73. The smallest absolute Gasteiger partial charge is 0.191 e. The van der Waals surface area contributed by atoms with E-state index < -0.39 is 0 Å². The van der Waals surface area contributed by atoms with Crippen LogP contribution in [0.4, 0.5) is 0 Å². The van der Waals surface area contributed by atoms with Crippen LogP contribution >= 0.6 is 0 Å². The van der Waals surface area contributed by atoms with Crippen LogP contribution in [0.1, 0.15) is 26.2 Å². The lowest BCUT2D eigenvalue weighted by Gasteiger charge is -2.34. The molecule has 2 N–H and O–H groups in total. The normalized spacial score (nSPS) is 17.1. The molecule has 0 spiro atoms. The maximum atomic E-state index is 5.74. The molecule has 2 rings (SSSR count). The molecule has 0 unspecified atom stereocenters. The molecule has 1 fully saturated rings. The molecule has 140 valence electrons. The second-order valence-corrected chi connectivity index (χ2v) is 6.14. The number of aliphatic imine (C=N–C) groups is 1. The second-order valence-electron chi connectivity index (χ2n) is 6.14. The van der Waals surface area contributed by atoms with Crippen LogP contribution in [0.5, 0.6) is 5.75 Å². The molecule has 0 saturated carbocycles. The minimum absolute atomic E-state index is 0.197. The Labute approximate surface area is 151 Å². The molecule has 1 aliphatic rings. The van der Waals surface area contributed by atoms with Gasteiger partial charge in [-0.3, -0.25) is 4.99 Å². The van der Waals surface area contributed by atoms with Gasteiger partial charge in [-0.1, -0.05) is 18.2 Å². The highest BCUT2D eigenvalue weighted by Crippen LogP contribution is 2.24. The Hall–Kier alpha value is -1.79. The van der Waals surface area contributed by atoms with E-state index in [1.165, 1.54) is 0 Å². The summed E-state index contributed by atoms with van der Waals surface area (Å²) in [6.07, 6.45) is 2.68. The monoisotopic (exact) mass is 349 g/mol. The van der Waals surface area contributed by atoms with Crippen molar-refractivity contribution in [3.8, 4) is 5.75 Å². The van der Waals surface area contributed by atoms with Crippen molar-refractivity contribution in [3.63, 3.8) is 0 Å². The molecule has 0 atom stereocenters. The van der Waals surface area contributed by atoms with E-state index in [0.717, 1.165) is 57.3 Å². The molecule has 0 aliphatic carbocycles. The minimum Gasteiger partial charge on any atom is -0.494 e. The topological polar surface area (TPSA) is 64.1 Å². The fourth-order valence-electron chi connectivity index (χ4n) is 2.72. The molecule has 0 radical (unpaired) electrons. The third-order valence-corrected chi connectivity index (χ3v) is 4.33. The van der Waals surface area contributed by atoms with Gasteiger partial charge in [-0.25, -0.2) is 0 Å². The molecule has 25 heavy (non-hydrogen) atoms. The summed E-state index contributed by atoms with van der Waals surface area (Å²) < 4.78 is 16.9. The number of benzene rings is 1. The summed E-state index contributed by atoms with van der Waals surface area (Å²) in [5, 5.41) is 6.64. The molecule has 0 aromatic heterocycles. The Morgan fingerprint density at radius 1 is 1.20 bits per heavy atom. The van der Waals surface area contributed by atoms with Gasteiger partial charge in [-0.15, -0.1) is 0 Å². The van der Waals surface area contributed by atoms with Crippen molar-refractivity contribution in [1.29, 1.82) is 0 Å². The molecular weight excluding hydrogens is 318 g/mol. The molecule has 0 amide bonds. The number of hydrogen-bond donors (Lipinski definition) is 2. The van der Waals surface area contributed by atoms with Crippen LogP contribution in [0.2, 0.25) is 0 Å². The number of hydrogen-bond acceptors (Lipinski definition) is 4. The summed E-state index contributed by atoms with van der Waals surface area (Å²) in [6.45, 7) is 6.50. The summed E-state index contributed by atoms with van der Waals surface area (Å²) in [5.74, 6) is 1.73. The summed E-state index contributed by atoms with van der Waals surface area (Å²) in [5.41, 5.74) is -0.197. The van der Waals surface area contributed by atoms with E-state index in [2.05, 4.69) is 17.6 Å². The van der Waals surface area contributed by atoms with Crippen LogP contribution in [0.15, 0.2) is 35.3 Å². The highest BCUT2D eigenvalue weighted by atomic mass is 16.5. The average molecular weight is 349 g/mol. The van der Waals surface area contributed by atoms with E-state index >= 15 is 0 Å². The molecule has 6 nitrogen and oxygen atoms in total. The van der Waals surface area contributed by atoms with Crippen molar-refractivity contribution in [2.24, 2.45) is 4.99 Å². The fraction of sp³-hybridized carbons (Fsp3) is 0.632. The van der Waals surface area contributed by atoms with Gasteiger partial charge in [0.05, 0.1) is 18.8 Å². The van der Waals surface area contributed by atoms with Crippen molar-refractivity contribution in [2.45, 2.75) is 31.8 Å². The summed E-state index contributed by atoms with van der Waals surface area (Å²) in [7, 11) is 1.77. The Kier molecular flexibility index (Phi) is 8.55. The number of guanidine groups is 1. The quantitative estimate of drug-likeness (QED) is 0.407. The van der Waals surface area contributed by atoms with Crippen molar-refractivity contribution in [2.75, 3.05) is 46.6 Å². The van der Waals surface area contributed by atoms with E-state index in [1.807, 2.05) is 30.3 Å². The van der Waals surface area contributed by atoms with Crippen LogP contribution in [0.3, 0.4) is 0 Å². The van der Waals surface area contributed by atoms with Crippen molar-refractivity contribution in [3.05, 3.63) is 30.3 Å². The maximum Gasteiger partial charge on any atom is 0.191 e. The number of para-hydroxylation sites is 1. The zero-order valence-corrected chi connectivity index (χ0v) is 15.4. The molecule has 0 bridgehead atoms. The Morgan fingerprint density at radius 3 is 2.64 bits per heavy atom. The van der Waals surface area contributed by atoms with Crippen molar-refractivity contribution < 1.29 is 14.2 Å². The summed E-state index contributed by atoms with van der Waals surface area (Å²) in [6, 6.07) is 9.88. The first-order chi connectivity index (χ1) is 12.3. The van der Waals surface area contributed by atoms with Gasteiger partial charge in [0.15, 0.2) is 5.96 Å². The van der Waals surface area contributed by atoms with E-state index in [9.17, 15) is 0 Å². The highest BCUT2D eigenvalue weighted by Gasteiger charge is 2.32. The lowest BCUT2D eigenvalue weighted by atomic mass is 9.94. The van der Waals surface area contributed by atoms with Crippen LogP contribution in [-0.2, 0) is 9.47 Å². The van der Waals surface area contributed by atoms with Crippen LogP contribution in [0, 0.1) is 0 Å². The van der Waals surface area contributed by atoms with E-state index in [0.29, 0.717) is 13.2 Å². The molecule has 1 saturated heterocycles. The van der Waals surface area contributed by atoms with Gasteiger partial charge in [0, 0.05) is 46.3 Å². The molecule has 6 heteroatoms. The maximum absolute atomic E-state index is 5.74. The second kappa shape index (κ2) is 10.9. The summed E-state index contributed by atoms with van der Waals surface area (Å²) >= 11 is 0. The third-order valence-electron chi connectivity index (χ3n) is 4.33. The number of nitrogens with zero attached hydrogens (tertiary/aromatic N) is 1. The first-order valence-electron chi connectivity index (χ1n) is 9.11. The molecule has 1 heterocycles. The van der Waals surface area contributed by atoms with Crippen LogP contribution in [-0.4, -0.2) is 58.1 Å². The Bertz CT molecular complexity index is 502. The lowest BCUT2D eigenvalue weighted by Crippen LogP contribution is -2.44. The number of methoxy groups -OCH3 is 1. The lowest BCUT2D eigenvalue weighted by molar-refractivity contribution is -0.0828. The van der Waals surface area contributed by atoms with Gasteiger partial charge in [0.1, 0.15) is 5.75 Å². The summed E-state index contributed by atoms with van der Waals surface area (Å²) in [4.78, 5) is 4.71. The van der Waals surface area contributed by atoms with Crippen LogP contribution < -0.4 is 15.4 Å². The predicted octanol–water partition coefficient (Wildman–Crippen LogP) is 2.21. The third kappa shape index (κ3) is 6.92. The fourth-order valence-corrected chi connectivity index (χ4v) is 2.72. The highest BCUT2D eigenvalue weighted by molar-refractivity contribution is 5.79. The molecule has 1 aromatic rings. The SMILES string of the molecule is CCNC(=NCC1(OC)CCOCC1)NCCCOc1ccccc1. The first-order valence-corrected chi connectivity index (χ1v) is 9.11. The standard InChI is InChI=1S/C19H31N3O3/c1-3-20-18(22-16-19(23-2)10-14-24-15-11-19)21-12-7-13-25-17-8-5-4-6-9-17/h4-6,8-9H,3,7,10-16H2,1-2H3,(H2,20,21,22).